The van der Waals surface area contributed by atoms with Crippen molar-refractivity contribution < 1.29 is 33.3 Å². The Bertz CT molecular complexity index is 883. The zero-order valence-corrected chi connectivity index (χ0v) is 22.8. The molecule has 0 unspecified atom stereocenters. The molecule has 1 heterocycles. The molecule has 8 nitrogen and oxygen atoms in total. The standard InChI is InChI=1S/C28H43NO7/c1-7-17-35-19-21(14-12-20-13-15-23(33-5)24(18-20)34-6)36-27(32)22-11-9-10-16-29(22)26(31)25(30)28(3,4)8-2/h13,15,18,21-22H,7-12,14,16-17,19H2,1-6H3/t21-,22+/m1/s1. The number of carbonyl (C=O) groups excluding carboxylic acids is 3. The minimum Gasteiger partial charge on any atom is -0.493 e. The van der Waals surface area contributed by atoms with Gasteiger partial charge in [-0.25, -0.2) is 4.79 Å². The van der Waals surface area contributed by atoms with Crippen LogP contribution in [0.4, 0.5) is 0 Å². The van der Waals surface area contributed by atoms with Crippen LogP contribution in [0.2, 0.25) is 0 Å². The zero-order valence-electron chi connectivity index (χ0n) is 22.8. The Hall–Kier alpha value is -2.61. The van der Waals surface area contributed by atoms with Crippen LogP contribution in [0.3, 0.4) is 0 Å². The number of hydrogen-bond donors (Lipinski definition) is 0. The highest BCUT2D eigenvalue weighted by Crippen LogP contribution is 2.29. The van der Waals surface area contributed by atoms with Gasteiger partial charge in [-0.15, -0.1) is 0 Å². The van der Waals surface area contributed by atoms with E-state index >= 15 is 0 Å². The summed E-state index contributed by atoms with van der Waals surface area (Å²) in [4.78, 5) is 40.6. The Labute approximate surface area is 215 Å². The monoisotopic (exact) mass is 505 g/mol. The van der Waals surface area contributed by atoms with Crippen molar-refractivity contribution in [3.05, 3.63) is 23.8 Å². The Balaban J connectivity index is 2.12. The van der Waals surface area contributed by atoms with Gasteiger partial charge in [-0.05, 0) is 62.6 Å². The van der Waals surface area contributed by atoms with Crippen LogP contribution in [0.25, 0.3) is 0 Å². The quantitative estimate of drug-likeness (QED) is 0.211. The molecule has 0 bridgehead atoms. The lowest BCUT2D eigenvalue weighted by atomic mass is 9.84. The summed E-state index contributed by atoms with van der Waals surface area (Å²) in [6.07, 6.45) is 4.18. The number of piperidine rings is 1. The van der Waals surface area contributed by atoms with Gasteiger partial charge in [0.15, 0.2) is 11.5 Å². The second-order valence-electron chi connectivity index (χ2n) is 9.94. The van der Waals surface area contributed by atoms with Crippen molar-refractivity contribution in [1.29, 1.82) is 0 Å². The Kier molecular flexibility index (Phi) is 11.7. The van der Waals surface area contributed by atoms with E-state index in [1.54, 1.807) is 28.1 Å². The van der Waals surface area contributed by atoms with Crippen molar-refractivity contribution in [2.45, 2.75) is 84.8 Å². The highest BCUT2D eigenvalue weighted by atomic mass is 16.6. The van der Waals surface area contributed by atoms with Gasteiger partial charge in [0.25, 0.3) is 5.91 Å². The molecule has 8 heteroatoms. The molecular formula is C28H43NO7. The molecule has 1 fully saturated rings. The third kappa shape index (κ3) is 7.95. The first-order chi connectivity index (χ1) is 17.2. The topological polar surface area (TPSA) is 91.4 Å². The Morgan fingerprint density at radius 1 is 1.08 bits per heavy atom. The molecule has 0 spiro atoms. The SMILES string of the molecule is CCCOC[C@@H](CCc1ccc(OC)c(OC)c1)OC(=O)[C@@H]1CCCCN1C(=O)C(=O)C(C)(C)CC. The number of hydrogen-bond acceptors (Lipinski definition) is 7. The highest BCUT2D eigenvalue weighted by molar-refractivity contribution is 6.38. The van der Waals surface area contributed by atoms with E-state index in [1.807, 2.05) is 32.0 Å². The van der Waals surface area contributed by atoms with E-state index < -0.39 is 35.2 Å². The van der Waals surface area contributed by atoms with E-state index in [2.05, 4.69) is 0 Å². The average Bonchev–Trinajstić information content (AvgIpc) is 2.90. The summed E-state index contributed by atoms with van der Waals surface area (Å²) in [5.41, 5.74) is 0.255. The van der Waals surface area contributed by atoms with E-state index in [-0.39, 0.29) is 6.61 Å². The smallest absolute Gasteiger partial charge is 0.329 e. The van der Waals surface area contributed by atoms with Gasteiger partial charge in [0.1, 0.15) is 12.1 Å². The third-order valence-corrected chi connectivity index (χ3v) is 6.87. The van der Waals surface area contributed by atoms with E-state index in [4.69, 9.17) is 18.9 Å². The Morgan fingerprint density at radius 3 is 2.44 bits per heavy atom. The number of amides is 1. The second-order valence-corrected chi connectivity index (χ2v) is 9.94. The van der Waals surface area contributed by atoms with Crippen molar-refractivity contribution in [3.63, 3.8) is 0 Å². The summed E-state index contributed by atoms with van der Waals surface area (Å²) in [5.74, 6) is -0.226. The van der Waals surface area contributed by atoms with Gasteiger partial charge in [-0.2, -0.15) is 0 Å². The van der Waals surface area contributed by atoms with Crippen molar-refractivity contribution in [1.82, 2.24) is 4.90 Å². The van der Waals surface area contributed by atoms with Crippen molar-refractivity contribution in [2.75, 3.05) is 34.0 Å². The molecule has 1 amide bonds. The average molecular weight is 506 g/mol. The predicted octanol–water partition coefficient (Wildman–Crippen LogP) is 4.36. The number of aryl methyl sites for hydroxylation is 1. The minimum atomic E-state index is -0.765. The van der Waals surface area contributed by atoms with Crippen LogP contribution in [0.15, 0.2) is 18.2 Å². The maximum atomic E-state index is 13.3. The highest BCUT2D eigenvalue weighted by Gasteiger charge is 2.41. The molecule has 1 aromatic carbocycles. The zero-order chi connectivity index (χ0) is 26.7. The van der Waals surface area contributed by atoms with Crippen LogP contribution >= 0.6 is 0 Å². The number of ketones is 1. The van der Waals surface area contributed by atoms with Crippen LogP contribution in [0, 0.1) is 5.41 Å². The summed E-state index contributed by atoms with van der Waals surface area (Å²) >= 11 is 0. The number of esters is 1. The van der Waals surface area contributed by atoms with Gasteiger partial charge in [-0.3, -0.25) is 9.59 Å². The van der Waals surface area contributed by atoms with E-state index in [1.165, 1.54) is 4.90 Å². The molecule has 1 aliphatic heterocycles. The predicted molar refractivity (Wildman–Crippen MR) is 137 cm³/mol. The molecule has 2 rings (SSSR count). The largest absolute Gasteiger partial charge is 0.493 e. The number of ether oxygens (including phenoxy) is 4. The van der Waals surface area contributed by atoms with Crippen LogP contribution in [-0.4, -0.2) is 68.7 Å². The first kappa shape index (κ1) is 29.6. The van der Waals surface area contributed by atoms with E-state index in [9.17, 15) is 14.4 Å². The number of nitrogens with zero attached hydrogens (tertiary/aromatic N) is 1. The number of methoxy groups -OCH3 is 2. The van der Waals surface area contributed by atoms with Crippen molar-refractivity contribution >= 4 is 17.7 Å². The lowest BCUT2D eigenvalue weighted by molar-refractivity contribution is -0.166. The molecule has 1 aliphatic rings. The molecule has 0 saturated carbocycles. The summed E-state index contributed by atoms with van der Waals surface area (Å²) in [6, 6.07) is 4.96. The van der Waals surface area contributed by atoms with Crippen LogP contribution in [0.1, 0.15) is 71.8 Å². The summed E-state index contributed by atoms with van der Waals surface area (Å²) in [6.45, 7) is 8.65. The van der Waals surface area contributed by atoms with Gasteiger partial charge in [0, 0.05) is 18.6 Å². The van der Waals surface area contributed by atoms with Crippen LogP contribution in [0.5, 0.6) is 11.5 Å². The first-order valence-corrected chi connectivity index (χ1v) is 13.0. The maximum absolute atomic E-state index is 13.3. The second kappa shape index (κ2) is 14.2. The van der Waals surface area contributed by atoms with Gasteiger partial charge in [0.05, 0.1) is 20.8 Å². The van der Waals surface area contributed by atoms with Gasteiger partial charge < -0.3 is 23.8 Å². The normalized spacial score (nSPS) is 16.8. The summed E-state index contributed by atoms with van der Waals surface area (Å²) in [7, 11) is 3.18. The molecular weight excluding hydrogens is 462 g/mol. The fourth-order valence-corrected chi connectivity index (χ4v) is 4.14. The van der Waals surface area contributed by atoms with Crippen molar-refractivity contribution in [2.24, 2.45) is 5.41 Å². The molecule has 1 saturated heterocycles. The van der Waals surface area contributed by atoms with Crippen molar-refractivity contribution in [3.8, 4) is 11.5 Å². The summed E-state index contributed by atoms with van der Waals surface area (Å²) in [5, 5.41) is 0. The molecule has 2 atom stereocenters. The first-order valence-electron chi connectivity index (χ1n) is 13.0. The van der Waals surface area contributed by atoms with Crippen LogP contribution in [-0.2, 0) is 30.3 Å². The number of likely N-dealkylation sites (tertiary alicyclic amines) is 1. The number of Topliss-reactive ketones (excluding diaryl/α,β-unsaturated/α-hetero) is 1. The lowest BCUT2D eigenvalue weighted by Gasteiger charge is -2.36. The third-order valence-electron chi connectivity index (χ3n) is 6.87. The fourth-order valence-electron chi connectivity index (χ4n) is 4.14. The van der Waals surface area contributed by atoms with Gasteiger partial charge in [-0.1, -0.05) is 33.8 Å². The molecule has 0 aromatic heterocycles. The van der Waals surface area contributed by atoms with E-state index in [0.717, 1.165) is 24.8 Å². The van der Waals surface area contributed by atoms with Crippen LogP contribution < -0.4 is 9.47 Å². The number of carbonyl (C=O) groups is 3. The minimum absolute atomic E-state index is 0.273. The van der Waals surface area contributed by atoms with E-state index in [0.29, 0.717) is 50.3 Å². The molecule has 202 valence electrons. The number of rotatable bonds is 14. The number of benzene rings is 1. The van der Waals surface area contributed by atoms with Gasteiger partial charge in [0.2, 0.25) is 5.78 Å². The molecule has 0 aliphatic carbocycles. The van der Waals surface area contributed by atoms with Gasteiger partial charge >= 0.3 is 5.97 Å². The molecule has 0 radical (unpaired) electrons. The Morgan fingerprint density at radius 2 is 1.81 bits per heavy atom. The molecule has 0 N–H and O–H groups in total. The molecule has 36 heavy (non-hydrogen) atoms. The molecule has 1 aromatic rings. The fraction of sp³-hybridized carbons (Fsp3) is 0.679. The lowest BCUT2D eigenvalue weighted by Crippen LogP contribution is -2.53. The summed E-state index contributed by atoms with van der Waals surface area (Å²) < 4.78 is 22.3. The maximum Gasteiger partial charge on any atom is 0.329 e.